The van der Waals surface area contributed by atoms with E-state index in [4.69, 9.17) is 4.74 Å². The summed E-state index contributed by atoms with van der Waals surface area (Å²) in [5, 5.41) is 0. The SMILES string of the molecule is Cc1cc(COC(=O)N2C[C@H](C)C(=O)N3[C@@H]2CN(C)C(=O)[C@@H]3C)cc(C(F)(F)F)c1. The number of nitrogens with zero attached hydrogens (tertiary/aromatic N) is 3. The van der Waals surface area contributed by atoms with E-state index >= 15 is 0 Å². The molecule has 3 atom stereocenters. The highest BCUT2D eigenvalue weighted by Crippen LogP contribution is 2.31. The molecule has 0 aliphatic carbocycles. The average molecular weight is 427 g/mol. The lowest BCUT2D eigenvalue weighted by Gasteiger charge is -2.51. The molecule has 0 bridgehead atoms. The van der Waals surface area contributed by atoms with E-state index < -0.39 is 36.0 Å². The van der Waals surface area contributed by atoms with E-state index in [0.29, 0.717) is 5.56 Å². The Hall–Kier alpha value is -2.78. The average Bonchev–Trinajstić information content (AvgIpc) is 2.65. The van der Waals surface area contributed by atoms with Crippen molar-refractivity contribution in [2.75, 3.05) is 20.1 Å². The first-order valence-corrected chi connectivity index (χ1v) is 9.58. The van der Waals surface area contributed by atoms with Gasteiger partial charge in [-0.25, -0.2) is 4.79 Å². The van der Waals surface area contributed by atoms with E-state index in [-0.39, 0.29) is 37.1 Å². The predicted octanol–water partition coefficient (Wildman–Crippen LogP) is 2.62. The molecule has 1 aromatic carbocycles. The van der Waals surface area contributed by atoms with Crippen molar-refractivity contribution >= 4 is 17.9 Å². The van der Waals surface area contributed by atoms with Gasteiger partial charge >= 0.3 is 12.3 Å². The topological polar surface area (TPSA) is 70.2 Å². The zero-order valence-corrected chi connectivity index (χ0v) is 17.2. The molecule has 3 amide bonds. The molecule has 0 spiro atoms. The second-order valence-corrected chi connectivity index (χ2v) is 7.93. The number of likely N-dealkylation sites (N-methyl/N-ethyl adjacent to an activating group) is 1. The standard InChI is InChI=1S/C20H24F3N3O4/c1-11-5-14(7-15(6-11)20(21,22)23)10-30-19(29)25-8-12(2)17(27)26-13(3)18(28)24(4)9-16(25)26/h5-7,12-13,16H,8-10H2,1-4H3/t12-,13-,16+/m0/s1. The van der Waals surface area contributed by atoms with Gasteiger partial charge < -0.3 is 14.5 Å². The summed E-state index contributed by atoms with van der Waals surface area (Å²) in [6.45, 7) is 4.71. The van der Waals surface area contributed by atoms with Crippen LogP contribution in [0, 0.1) is 12.8 Å². The minimum atomic E-state index is -4.50. The molecule has 0 saturated carbocycles. The van der Waals surface area contributed by atoms with Crippen molar-refractivity contribution in [1.29, 1.82) is 0 Å². The highest BCUT2D eigenvalue weighted by atomic mass is 19.4. The van der Waals surface area contributed by atoms with E-state index in [0.717, 1.165) is 12.1 Å². The van der Waals surface area contributed by atoms with Gasteiger partial charge in [-0.05, 0) is 31.5 Å². The third-order valence-electron chi connectivity index (χ3n) is 5.48. The molecule has 0 radical (unpaired) electrons. The number of benzene rings is 1. The van der Waals surface area contributed by atoms with Crippen LogP contribution < -0.4 is 0 Å². The Morgan fingerprint density at radius 2 is 1.80 bits per heavy atom. The number of hydrogen-bond donors (Lipinski definition) is 0. The number of carbonyl (C=O) groups is 3. The number of carbonyl (C=O) groups excluding carboxylic acids is 3. The van der Waals surface area contributed by atoms with Gasteiger partial charge in [0.05, 0.1) is 18.0 Å². The summed E-state index contributed by atoms with van der Waals surface area (Å²) in [6, 6.07) is 2.78. The number of alkyl halides is 3. The first-order valence-electron chi connectivity index (χ1n) is 9.58. The quantitative estimate of drug-likeness (QED) is 0.728. The fraction of sp³-hybridized carbons (Fsp3) is 0.550. The van der Waals surface area contributed by atoms with Crippen molar-refractivity contribution in [3.8, 4) is 0 Å². The number of ether oxygens (including phenoxy) is 1. The van der Waals surface area contributed by atoms with E-state index in [1.165, 1.54) is 27.7 Å². The summed E-state index contributed by atoms with van der Waals surface area (Å²) < 4.78 is 44.4. The summed E-state index contributed by atoms with van der Waals surface area (Å²) in [6.07, 6.45) is -5.92. The molecule has 1 aromatic rings. The van der Waals surface area contributed by atoms with Crippen LogP contribution in [0.1, 0.15) is 30.5 Å². The highest BCUT2D eigenvalue weighted by molar-refractivity contribution is 5.91. The fourth-order valence-corrected chi connectivity index (χ4v) is 3.99. The van der Waals surface area contributed by atoms with Crippen molar-refractivity contribution in [1.82, 2.24) is 14.7 Å². The Kier molecular flexibility index (Phi) is 5.70. The van der Waals surface area contributed by atoms with Gasteiger partial charge in [0.15, 0.2) is 0 Å². The van der Waals surface area contributed by atoms with Gasteiger partial charge in [0.25, 0.3) is 0 Å². The maximum absolute atomic E-state index is 13.0. The van der Waals surface area contributed by atoms with Crippen LogP contribution in [0.5, 0.6) is 0 Å². The molecule has 2 saturated heterocycles. The van der Waals surface area contributed by atoms with Gasteiger partial charge in [-0.1, -0.05) is 18.6 Å². The first-order chi connectivity index (χ1) is 13.9. The molecule has 2 heterocycles. The number of rotatable bonds is 2. The van der Waals surface area contributed by atoms with E-state index in [2.05, 4.69) is 0 Å². The van der Waals surface area contributed by atoms with Gasteiger partial charge in [0.1, 0.15) is 18.8 Å². The third-order valence-corrected chi connectivity index (χ3v) is 5.48. The molecular weight excluding hydrogens is 403 g/mol. The Labute approximate surface area is 172 Å². The highest BCUT2D eigenvalue weighted by Gasteiger charge is 2.49. The van der Waals surface area contributed by atoms with Crippen LogP contribution in [0.15, 0.2) is 18.2 Å². The number of hydrogen-bond acceptors (Lipinski definition) is 4. The summed E-state index contributed by atoms with van der Waals surface area (Å²) in [4.78, 5) is 41.9. The zero-order valence-electron chi connectivity index (χ0n) is 17.2. The number of amides is 3. The van der Waals surface area contributed by atoms with E-state index in [1.807, 2.05) is 0 Å². The molecular formula is C20H24F3N3O4. The fourth-order valence-electron chi connectivity index (χ4n) is 3.99. The third kappa shape index (κ3) is 4.08. The van der Waals surface area contributed by atoms with Crippen molar-refractivity contribution in [2.45, 2.75) is 45.8 Å². The lowest BCUT2D eigenvalue weighted by atomic mass is 10.00. The Morgan fingerprint density at radius 3 is 2.43 bits per heavy atom. The largest absolute Gasteiger partial charge is 0.444 e. The molecule has 0 aromatic heterocycles. The van der Waals surface area contributed by atoms with Crippen LogP contribution in [-0.2, 0) is 27.1 Å². The van der Waals surface area contributed by atoms with Gasteiger partial charge in [0.2, 0.25) is 11.8 Å². The van der Waals surface area contributed by atoms with Gasteiger partial charge in [-0.15, -0.1) is 0 Å². The lowest BCUT2D eigenvalue weighted by Crippen LogP contribution is -2.71. The first kappa shape index (κ1) is 21.9. The van der Waals surface area contributed by atoms with Gasteiger partial charge in [0, 0.05) is 13.6 Å². The van der Waals surface area contributed by atoms with Crippen LogP contribution in [0.25, 0.3) is 0 Å². The molecule has 2 fully saturated rings. The molecule has 2 aliphatic heterocycles. The molecule has 164 valence electrons. The second kappa shape index (κ2) is 7.81. The van der Waals surface area contributed by atoms with Crippen molar-refractivity contribution in [3.63, 3.8) is 0 Å². The summed E-state index contributed by atoms with van der Waals surface area (Å²) in [5.74, 6) is -0.962. The monoisotopic (exact) mass is 427 g/mol. The Balaban J connectivity index is 1.77. The van der Waals surface area contributed by atoms with Crippen molar-refractivity contribution < 1.29 is 32.3 Å². The number of halogens is 3. The van der Waals surface area contributed by atoms with Crippen molar-refractivity contribution in [3.05, 3.63) is 34.9 Å². The van der Waals surface area contributed by atoms with Crippen molar-refractivity contribution in [2.24, 2.45) is 5.92 Å². The maximum atomic E-state index is 13.0. The molecule has 7 nitrogen and oxygen atoms in total. The summed E-state index contributed by atoms with van der Waals surface area (Å²) in [5.41, 5.74) is -0.184. The molecule has 2 aliphatic rings. The lowest BCUT2D eigenvalue weighted by molar-refractivity contribution is -0.169. The Bertz CT molecular complexity index is 873. The summed E-state index contributed by atoms with van der Waals surface area (Å²) in [7, 11) is 1.59. The summed E-state index contributed by atoms with van der Waals surface area (Å²) >= 11 is 0. The van der Waals surface area contributed by atoms with E-state index in [1.54, 1.807) is 20.9 Å². The molecule has 0 unspecified atom stereocenters. The normalized spacial score (nSPS) is 24.8. The second-order valence-electron chi connectivity index (χ2n) is 7.93. The zero-order chi connectivity index (χ0) is 22.4. The predicted molar refractivity (Wildman–Crippen MR) is 100.0 cm³/mol. The molecule has 30 heavy (non-hydrogen) atoms. The van der Waals surface area contributed by atoms with Crippen LogP contribution >= 0.6 is 0 Å². The van der Waals surface area contributed by atoms with Crippen LogP contribution in [0.4, 0.5) is 18.0 Å². The number of piperazine rings is 1. The van der Waals surface area contributed by atoms with E-state index in [9.17, 15) is 27.6 Å². The Morgan fingerprint density at radius 1 is 1.13 bits per heavy atom. The van der Waals surface area contributed by atoms with Crippen LogP contribution in [-0.4, -0.2) is 65.0 Å². The van der Waals surface area contributed by atoms with Gasteiger partial charge in [-0.2, -0.15) is 13.2 Å². The van der Waals surface area contributed by atoms with Crippen LogP contribution in [0.2, 0.25) is 0 Å². The smallest absolute Gasteiger partial charge is 0.416 e. The van der Waals surface area contributed by atoms with Crippen LogP contribution in [0.3, 0.4) is 0 Å². The molecule has 10 heteroatoms. The minimum Gasteiger partial charge on any atom is -0.444 e. The van der Waals surface area contributed by atoms with Gasteiger partial charge in [-0.3, -0.25) is 14.5 Å². The number of fused-ring (bicyclic) bond motifs is 1. The minimum absolute atomic E-state index is 0.106. The number of aryl methyl sites for hydroxylation is 1. The maximum Gasteiger partial charge on any atom is 0.416 e. The molecule has 0 N–H and O–H groups in total. The molecule has 3 rings (SSSR count).